The van der Waals surface area contributed by atoms with Gasteiger partial charge in [-0.15, -0.1) is 5.54 Å². The second kappa shape index (κ2) is 6.93. The Labute approximate surface area is 134 Å². The summed E-state index contributed by atoms with van der Waals surface area (Å²) in [6.07, 6.45) is 0. The standard InChI is InChI=1S/C21H18Si/c1-18-9-8-10-19(17-18)15-16-22(20-11-4-2-5-12-20)21-13-6-3-7-14-21/h2-14,17,22H,1H3. The molecule has 0 radical (unpaired) electrons. The molecule has 0 heterocycles. The summed E-state index contributed by atoms with van der Waals surface area (Å²) < 4.78 is 0. The van der Waals surface area contributed by atoms with Gasteiger partial charge >= 0.3 is 0 Å². The van der Waals surface area contributed by atoms with E-state index in [1.165, 1.54) is 15.9 Å². The van der Waals surface area contributed by atoms with Crippen molar-refractivity contribution in [3.8, 4) is 11.5 Å². The van der Waals surface area contributed by atoms with Crippen LogP contribution in [-0.2, 0) is 0 Å². The SMILES string of the molecule is Cc1cccc(C#C[SiH](c2ccccc2)c2ccccc2)c1. The van der Waals surface area contributed by atoms with Gasteiger partial charge in [0.05, 0.1) is 0 Å². The van der Waals surface area contributed by atoms with Gasteiger partial charge in [-0.3, -0.25) is 0 Å². The third-order valence-electron chi connectivity index (χ3n) is 3.64. The molecule has 0 fully saturated rings. The van der Waals surface area contributed by atoms with Crippen LogP contribution in [0.15, 0.2) is 84.9 Å². The van der Waals surface area contributed by atoms with Crippen molar-refractivity contribution in [1.82, 2.24) is 0 Å². The van der Waals surface area contributed by atoms with E-state index in [4.69, 9.17) is 0 Å². The fourth-order valence-electron chi connectivity index (χ4n) is 2.53. The maximum absolute atomic E-state index is 3.58. The molecule has 0 spiro atoms. The highest BCUT2D eigenvalue weighted by atomic mass is 28.3. The van der Waals surface area contributed by atoms with Crippen LogP contribution in [0, 0.1) is 18.4 Å². The van der Waals surface area contributed by atoms with Crippen molar-refractivity contribution in [3.63, 3.8) is 0 Å². The normalized spacial score (nSPS) is 10.1. The molecule has 0 aliphatic carbocycles. The van der Waals surface area contributed by atoms with Gasteiger partial charge < -0.3 is 0 Å². The molecule has 0 saturated heterocycles. The van der Waals surface area contributed by atoms with E-state index < -0.39 is 8.80 Å². The Balaban J connectivity index is 2.01. The smallest absolute Gasteiger partial charge is 0.119 e. The van der Waals surface area contributed by atoms with E-state index in [0.717, 1.165) is 5.56 Å². The van der Waals surface area contributed by atoms with Crippen LogP contribution in [0.5, 0.6) is 0 Å². The molecule has 0 bridgehead atoms. The minimum Gasteiger partial charge on any atom is -0.119 e. The van der Waals surface area contributed by atoms with Crippen LogP contribution in [0.25, 0.3) is 0 Å². The Kier molecular flexibility index (Phi) is 4.53. The van der Waals surface area contributed by atoms with Gasteiger partial charge in [-0.25, -0.2) is 0 Å². The van der Waals surface area contributed by atoms with Crippen molar-refractivity contribution in [2.75, 3.05) is 0 Å². The van der Waals surface area contributed by atoms with Crippen molar-refractivity contribution >= 4 is 19.2 Å². The van der Waals surface area contributed by atoms with Gasteiger partial charge in [-0.05, 0) is 35.0 Å². The fraction of sp³-hybridized carbons (Fsp3) is 0.0476. The van der Waals surface area contributed by atoms with Gasteiger partial charge in [0, 0.05) is 5.56 Å². The predicted molar refractivity (Wildman–Crippen MR) is 97.4 cm³/mol. The Hall–Kier alpha value is -2.56. The number of hydrogen-bond acceptors (Lipinski definition) is 0. The van der Waals surface area contributed by atoms with E-state index in [1.807, 2.05) is 0 Å². The summed E-state index contributed by atoms with van der Waals surface area (Å²) in [5, 5.41) is 2.74. The van der Waals surface area contributed by atoms with Gasteiger partial charge in [0.2, 0.25) is 0 Å². The first-order valence-corrected chi connectivity index (χ1v) is 9.24. The van der Waals surface area contributed by atoms with Crippen LogP contribution < -0.4 is 10.4 Å². The maximum atomic E-state index is 3.58. The van der Waals surface area contributed by atoms with Crippen molar-refractivity contribution in [1.29, 1.82) is 0 Å². The van der Waals surface area contributed by atoms with E-state index in [0.29, 0.717) is 0 Å². The predicted octanol–water partition coefficient (Wildman–Crippen LogP) is 2.93. The molecule has 3 aromatic rings. The second-order valence-corrected chi connectivity index (χ2v) is 7.88. The zero-order chi connectivity index (χ0) is 15.2. The molecule has 0 saturated carbocycles. The van der Waals surface area contributed by atoms with Crippen LogP contribution in [0.3, 0.4) is 0 Å². The van der Waals surface area contributed by atoms with Gasteiger partial charge in [-0.1, -0.05) is 78.7 Å². The molecule has 3 aromatic carbocycles. The van der Waals surface area contributed by atoms with Crippen LogP contribution in [0.4, 0.5) is 0 Å². The zero-order valence-electron chi connectivity index (χ0n) is 12.7. The van der Waals surface area contributed by atoms with E-state index in [-0.39, 0.29) is 0 Å². The van der Waals surface area contributed by atoms with Crippen LogP contribution in [-0.4, -0.2) is 8.80 Å². The molecule has 0 atom stereocenters. The van der Waals surface area contributed by atoms with E-state index in [9.17, 15) is 0 Å². The lowest BCUT2D eigenvalue weighted by Crippen LogP contribution is -2.41. The summed E-state index contributed by atoms with van der Waals surface area (Å²) in [6, 6.07) is 29.8. The summed E-state index contributed by atoms with van der Waals surface area (Å²) in [5.74, 6) is 3.39. The largest absolute Gasteiger partial charge is 0.184 e. The molecule has 3 rings (SSSR count). The molecular formula is C21H18Si. The van der Waals surface area contributed by atoms with E-state index in [1.54, 1.807) is 0 Å². The molecule has 0 nitrogen and oxygen atoms in total. The minimum atomic E-state index is -1.50. The monoisotopic (exact) mass is 298 g/mol. The number of benzene rings is 3. The summed E-state index contributed by atoms with van der Waals surface area (Å²) >= 11 is 0. The van der Waals surface area contributed by atoms with Crippen molar-refractivity contribution in [2.45, 2.75) is 6.92 Å². The summed E-state index contributed by atoms with van der Waals surface area (Å²) in [5.41, 5.74) is 5.94. The topological polar surface area (TPSA) is 0 Å². The second-order valence-electron chi connectivity index (χ2n) is 5.39. The molecule has 0 N–H and O–H groups in total. The lowest BCUT2D eigenvalue weighted by atomic mass is 10.1. The first kappa shape index (κ1) is 14.4. The number of rotatable bonds is 2. The Bertz CT molecular complexity index is 756. The highest BCUT2D eigenvalue weighted by molar-refractivity contribution is 6.91. The maximum Gasteiger partial charge on any atom is 0.184 e. The highest BCUT2D eigenvalue weighted by Gasteiger charge is 2.12. The van der Waals surface area contributed by atoms with Crippen LogP contribution >= 0.6 is 0 Å². The van der Waals surface area contributed by atoms with E-state index >= 15 is 0 Å². The van der Waals surface area contributed by atoms with Gasteiger partial charge in [-0.2, -0.15) is 0 Å². The first-order chi connectivity index (χ1) is 10.8. The van der Waals surface area contributed by atoms with Gasteiger partial charge in [0.15, 0.2) is 8.80 Å². The average Bonchev–Trinajstić information content (AvgIpc) is 2.57. The van der Waals surface area contributed by atoms with E-state index in [2.05, 4.69) is 103 Å². The molecule has 0 unspecified atom stereocenters. The van der Waals surface area contributed by atoms with Gasteiger partial charge in [0.25, 0.3) is 0 Å². The third kappa shape index (κ3) is 3.55. The van der Waals surface area contributed by atoms with Gasteiger partial charge in [0.1, 0.15) is 0 Å². The molecule has 0 amide bonds. The molecule has 1 heteroatoms. The zero-order valence-corrected chi connectivity index (χ0v) is 13.8. The lowest BCUT2D eigenvalue weighted by molar-refractivity contribution is 1.46. The molecule has 0 aliphatic rings. The van der Waals surface area contributed by atoms with Crippen molar-refractivity contribution < 1.29 is 0 Å². The number of aryl methyl sites for hydroxylation is 1. The Morgan fingerprint density at radius 2 is 1.27 bits per heavy atom. The molecule has 22 heavy (non-hydrogen) atoms. The highest BCUT2D eigenvalue weighted by Crippen LogP contribution is 2.02. The molecule has 106 valence electrons. The van der Waals surface area contributed by atoms with Crippen molar-refractivity contribution in [3.05, 3.63) is 96.1 Å². The quantitative estimate of drug-likeness (QED) is 0.504. The molecule has 0 aliphatic heterocycles. The summed E-state index contributed by atoms with van der Waals surface area (Å²) in [6.45, 7) is 2.11. The Morgan fingerprint density at radius 1 is 0.682 bits per heavy atom. The molecule has 0 aromatic heterocycles. The fourth-order valence-corrected chi connectivity index (χ4v) is 4.77. The minimum absolute atomic E-state index is 1.10. The number of hydrogen-bond donors (Lipinski definition) is 0. The molecular weight excluding hydrogens is 280 g/mol. The summed E-state index contributed by atoms with van der Waals surface area (Å²) in [4.78, 5) is 0. The summed E-state index contributed by atoms with van der Waals surface area (Å²) in [7, 11) is -1.50. The first-order valence-electron chi connectivity index (χ1n) is 7.51. The van der Waals surface area contributed by atoms with Crippen LogP contribution in [0.1, 0.15) is 11.1 Å². The van der Waals surface area contributed by atoms with Crippen molar-refractivity contribution in [2.24, 2.45) is 0 Å². The average molecular weight is 298 g/mol. The van der Waals surface area contributed by atoms with Crippen LogP contribution in [0.2, 0.25) is 0 Å². The third-order valence-corrected chi connectivity index (χ3v) is 6.18. The lowest BCUT2D eigenvalue weighted by Gasteiger charge is -2.09. The Morgan fingerprint density at radius 3 is 1.82 bits per heavy atom.